The second-order valence-electron chi connectivity index (χ2n) is 10.1. The number of hydrogen-bond donors (Lipinski definition) is 1. The van der Waals surface area contributed by atoms with Gasteiger partial charge in [0.25, 0.3) is 11.8 Å². The van der Waals surface area contributed by atoms with Crippen LogP contribution in [0.2, 0.25) is 0 Å². The van der Waals surface area contributed by atoms with Crippen molar-refractivity contribution < 1.29 is 24.0 Å². The molecule has 0 bridgehead atoms. The number of likely N-dealkylation sites (N-methyl/N-ethyl adjacent to an activating group) is 1. The van der Waals surface area contributed by atoms with Crippen molar-refractivity contribution in [1.82, 2.24) is 20.0 Å². The molecule has 5 amide bonds. The number of piperidine rings is 2. The molecule has 4 aliphatic rings. The third-order valence-electron chi connectivity index (χ3n) is 7.75. The summed E-state index contributed by atoms with van der Waals surface area (Å²) in [5.74, 6) is -1.78. The van der Waals surface area contributed by atoms with Gasteiger partial charge in [-0.25, -0.2) is 0 Å². The summed E-state index contributed by atoms with van der Waals surface area (Å²) in [6.45, 7) is 6.03. The van der Waals surface area contributed by atoms with Crippen LogP contribution in [0.5, 0.6) is 0 Å². The van der Waals surface area contributed by atoms with Crippen molar-refractivity contribution in [3.63, 3.8) is 0 Å². The fraction of sp³-hybridized carbons (Fsp3) is 0.560. The van der Waals surface area contributed by atoms with Crippen LogP contribution in [0.25, 0.3) is 0 Å². The van der Waals surface area contributed by atoms with Crippen LogP contribution in [0.3, 0.4) is 0 Å². The molecule has 1 N–H and O–H groups in total. The SMILES string of the molecule is C[C@@H]1CN(C)CCN1C(=O)C1CCN(c2ccc3c(c2)C(=O)N(C2CCC(=O)NC2=O)C3=O)CC1. The Morgan fingerprint density at radius 1 is 0.943 bits per heavy atom. The quantitative estimate of drug-likeness (QED) is 0.625. The topological polar surface area (TPSA) is 110 Å². The second kappa shape index (κ2) is 9.07. The van der Waals surface area contributed by atoms with Crippen molar-refractivity contribution in [3.05, 3.63) is 29.3 Å². The maximum absolute atomic E-state index is 13.1. The Balaban J connectivity index is 1.25. The van der Waals surface area contributed by atoms with Gasteiger partial charge in [-0.15, -0.1) is 0 Å². The van der Waals surface area contributed by atoms with Gasteiger partial charge in [0.1, 0.15) is 6.04 Å². The second-order valence-corrected chi connectivity index (χ2v) is 10.1. The van der Waals surface area contributed by atoms with Crippen molar-refractivity contribution in [3.8, 4) is 0 Å². The lowest BCUT2D eigenvalue weighted by atomic mass is 9.93. The Morgan fingerprint density at radius 3 is 2.34 bits per heavy atom. The highest BCUT2D eigenvalue weighted by molar-refractivity contribution is 6.23. The van der Waals surface area contributed by atoms with E-state index in [1.165, 1.54) is 0 Å². The Hall–Kier alpha value is -3.27. The number of rotatable bonds is 3. The molecule has 2 atom stereocenters. The molecule has 0 spiro atoms. The van der Waals surface area contributed by atoms with E-state index in [0.29, 0.717) is 13.1 Å². The van der Waals surface area contributed by atoms with Gasteiger partial charge < -0.3 is 14.7 Å². The van der Waals surface area contributed by atoms with E-state index in [9.17, 15) is 24.0 Å². The van der Waals surface area contributed by atoms with Crippen molar-refractivity contribution in [2.45, 2.75) is 44.7 Å². The van der Waals surface area contributed by atoms with E-state index >= 15 is 0 Å². The average molecular weight is 482 g/mol. The van der Waals surface area contributed by atoms with Crippen LogP contribution in [0.1, 0.15) is 53.3 Å². The van der Waals surface area contributed by atoms with Gasteiger partial charge in [-0.3, -0.25) is 34.2 Å². The highest BCUT2D eigenvalue weighted by Crippen LogP contribution is 2.32. The lowest BCUT2D eigenvalue weighted by Crippen LogP contribution is -2.55. The average Bonchev–Trinajstić information content (AvgIpc) is 3.08. The molecule has 0 saturated carbocycles. The van der Waals surface area contributed by atoms with Crippen LogP contribution in [0.4, 0.5) is 5.69 Å². The summed E-state index contributed by atoms with van der Waals surface area (Å²) in [5, 5.41) is 2.21. The van der Waals surface area contributed by atoms with E-state index in [1.807, 2.05) is 11.0 Å². The fourth-order valence-corrected chi connectivity index (χ4v) is 5.74. The molecule has 3 fully saturated rings. The van der Waals surface area contributed by atoms with E-state index in [4.69, 9.17) is 0 Å². The maximum Gasteiger partial charge on any atom is 0.262 e. The third kappa shape index (κ3) is 4.20. The minimum Gasteiger partial charge on any atom is -0.371 e. The molecule has 4 heterocycles. The molecule has 3 saturated heterocycles. The molecule has 1 unspecified atom stereocenters. The number of amides is 5. The first kappa shape index (κ1) is 23.5. The molecular weight excluding hydrogens is 450 g/mol. The Kier molecular flexibility index (Phi) is 6.08. The zero-order valence-electron chi connectivity index (χ0n) is 20.2. The van der Waals surface area contributed by atoms with Gasteiger partial charge in [-0.2, -0.15) is 0 Å². The van der Waals surface area contributed by atoms with Crippen LogP contribution in [-0.4, -0.2) is 96.1 Å². The number of nitrogens with zero attached hydrogens (tertiary/aromatic N) is 4. The fourth-order valence-electron chi connectivity index (χ4n) is 5.74. The summed E-state index contributed by atoms with van der Waals surface area (Å²) < 4.78 is 0. The van der Waals surface area contributed by atoms with Crippen LogP contribution in [0.15, 0.2) is 18.2 Å². The lowest BCUT2D eigenvalue weighted by molar-refractivity contribution is -0.140. The number of fused-ring (bicyclic) bond motifs is 1. The van der Waals surface area contributed by atoms with Crippen molar-refractivity contribution in [1.29, 1.82) is 0 Å². The van der Waals surface area contributed by atoms with E-state index in [-0.39, 0.29) is 41.8 Å². The summed E-state index contributed by atoms with van der Waals surface area (Å²) in [4.78, 5) is 70.3. The number of anilines is 1. The van der Waals surface area contributed by atoms with Gasteiger partial charge >= 0.3 is 0 Å². The van der Waals surface area contributed by atoms with Crippen molar-refractivity contribution in [2.24, 2.45) is 5.92 Å². The summed E-state index contributed by atoms with van der Waals surface area (Å²) in [7, 11) is 2.08. The van der Waals surface area contributed by atoms with E-state index in [0.717, 1.165) is 43.1 Å². The van der Waals surface area contributed by atoms with Crippen molar-refractivity contribution >= 4 is 35.2 Å². The highest BCUT2D eigenvalue weighted by Gasteiger charge is 2.45. The number of imide groups is 2. The van der Waals surface area contributed by atoms with Gasteiger partial charge in [-0.1, -0.05) is 0 Å². The number of carbonyl (C=O) groups is 5. The predicted molar refractivity (Wildman–Crippen MR) is 127 cm³/mol. The zero-order chi connectivity index (χ0) is 24.9. The Bertz CT molecular complexity index is 1100. The normalized spacial score (nSPS) is 26.3. The van der Waals surface area contributed by atoms with Crippen LogP contribution in [-0.2, 0) is 14.4 Å². The van der Waals surface area contributed by atoms with Crippen LogP contribution in [0, 0.1) is 5.92 Å². The van der Waals surface area contributed by atoms with E-state index in [2.05, 4.69) is 29.1 Å². The first-order chi connectivity index (χ1) is 16.7. The Labute approximate surface area is 204 Å². The number of hydrogen-bond acceptors (Lipinski definition) is 7. The summed E-state index contributed by atoms with van der Waals surface area (Å²) in [6, 6.07) is 4.42. The molecule has 1 aromatic carbocycles. The molecule has 0 aromatic heterocycles. The summed E-state index contributed by atoms with van der Waals surface area (Å²) in [5.41, 5.74) is 1.38. The summed E-state index contributed by atoms with van der Waals surface area (Å²) >= 11 is 0. The minimum atomic E-state index is -0.970. The third-order valence-corrected chi connectivity index (χ3v) is 7.75. The van der Waals surface area contributed by atoms with E-state index < -0.39 is 29.7 Å². The van der Waals surface area contributed by atoms with Crippen LogP contribution < -0.4 is 10.2 Å². The molecule has 4 aliphatic heterocycles. The number of benzene rings is 1. The predicted octanol–water partition coefficient (Wildman–Crippen LogP) is 0.467. The van der Waals surface area contributed by atoms with Gasteiger partial charge in [0.15, 0.2) is 0 Å². The molecule has 0 aliphatic carbocycles. The molecule has 0 radical (unpaired) electrons. The molecule has 10 heteroatoms. The zero-order valence-corrected chi connectivity index (χ0v) is 20.2. The molecule has 5 rings (SSSR count). The van der Waals surface area contributed by atoms with E-state index in [1.54, 1.807) is 12.1 Å². The summed E-state index contributed by atoms with van der Waals surface area (Å²) in [6.07, 6.45) is 1.71. The highest BCUT2D eigenvalue weighted by atomic mass is 16.2. The monoisotopic (exact) mass is 481 g/mol. The van der Waals surface area contributed by atoms with Gasteiger partial charge in [0, 0.05) is 56.8 Å². The molecular formula is C25H31N5O5. The smallest absolute Gasteiger partial charge is 0.262 e. The standard InChI is InChI=1S/C25H31N5O5/c1-15-14-27(2)11-12-29(15)23(33)16-7-9-28(10-8-16)17-3-4-18-19(13-17)25(35)30(24(18)34)20-5-6-21(31)26-22(20)32/h3-4,13,15-16,20H,5-12,14H2,1-2H3,(H,26,31,32)/t15-,20?/m1/s1. The molecule has 35 heavy (non-hydrogen) atoms. The van der Waals surface area contributed by atoms with Gasteiger partial charge in [-0.05, 0) is 51.4 Å². The number of piperazine rings is 1. The number of carbonyl (C=O) groups excluding carboxylic acids is 5. The largest absolute Gasteiger partial charge is 0.371 e. The Morgan fingerprint density at radius 2 is 1.66 bits per heavy atom. The van der Waals surface area contributed by atoms with Gasteiger partial charge in [0.05, 0.1) is 11.1 Å². The first-order valence-corrected chi connectivity index (χ1v) is 12.3. The molecule has 1 aromatic rings. The van der Waals surface area contributed by atoms with Crippen LogP contribution >= 0.6 is 0 Å². The molecule has 186 valence electrons. The van der Waals surface area contributed by atoms with Gasteiger partial charge in [0.2, 0.25) is 17.7 Å². The first-order valence-electron chi connectivity index (χ1n) is 12.3. The molecule has 10 nitrogen and oxygen atoms in total. The lowest BCUT2D eigenvalue weighted by Gasteiger charge is -2.41. The number of nitrogens with one attached hydrogen (secondary N) is 1. The van der Waals surface area contributed by atoms with Crippen molar-refractivity contribution in [2.75, 3.05) is 44.7 Å². The maximum atomic E-state index is 13.1. The minimum absolute atomic E-state index is 0.00208.